The zero-order valence-corrected chi connectivity index (χ0v) is 17.2. The van der Waals surface area contributed by atoms with Crippen LogP contribution in [0.2, 0.25) is 0 Å². The molecule has 0 spiro atoms. The van der Waals surface area contributed by atoms with Gasteiger partial charge in [0.1, 0.15) is 0 Å². The molecule has 0 unspecified atom stereocenters. The smallest absolute Gasteiger partial charge is 0.0701 e. The Bertz CT molecular complexity index is 673. The number of hydrogen-bond acceptors (Lipinski definition) is 6. The van der Waals surface area contributed by atoms with Gasteiger partial charge < -0.3 is 23.7 Å². The van der Waals surface area contributed by atoms with Crippen LogP contribution in [-0.2, 0) is 30.2 Å². The Hall–Kier alpha value is -1.54. The summed E-state index contributed by atoms with van der Waals surface area (Å²) in [5, 5.41) is 2.58. The monoisotopic (exact) mass is 403 g/mol. The molecule has 1 aliphatic heterocycles. The van der Waals surface area contributed by atoms with Crippen LogP contribution in [0, 0.1) is 0 Å². The number of benzene rings is 2. The summed E-state index contributed by atoms with van der Waals surface area (Å²) in [6.07, 6.45) is 0. The molecule has 3 rings (SSSR count). The SMILES string of the molecule is c1ccc2c(CN3CCOCCOCCOCCOCCOCC3)cccc2c1. The lowest BCUT2D eigenvalue weighted by atomic mass is 10.0. The fourth-order valence-corrected chi connectivity index (χ4v) is 3.31. The average molecular weight is 404 g/mol. The molecule has 2 aromatic rings. The molecular formula is C23H33NO5. The maximum atomic E-state index is 5.77. The van der Waals surface area contributed by atoms with Crippen LogP contribution < -0.4 is 0 Å². The lowest BCUT2D eigenvalue weighted by Gasteiger charge is -2.23. The van der Waals surface area contributed by atoms with Crippen molar-refractivity contribution in [3.8, 4) is 0 Å². The molecule has 160 valence electrons. The van der Waals surface area contributed by atoms with Crippen molar-refractivity contribution in [2.75, 3.05) is 79.2 Å². The number of nitrogens with zero attached hydrogens (tertiary/aromatic N) is 1. The van der Waals surface area contributed by atoms with E-state index in [1.165, 1.54) is 16.3 Å². The summed E-state index contributed by atoms with van der Waals surface area (Å²) >= 11 is 0. The van der Waals surface area contributed by atoms with E-state index in [-0.39, 0.29) is 0 Å². The highest BCUT2D eigenvalue weighted by atomic mass is 16.6. The molecule has 1 saturated heterocycles. The Morgan fingerprint density at radius 2 is 1.03 bits per heavy atom. The zero-order valence-electron chi connectivity index (χ0n) is 17.2. The van der Waals surface area contributed by atoms with Crippen LogP contribution in [0.25, 0.3) is 10.8 Å². The van der Waals surface area contributed by atoms with Crippen LogP contribution in [0.3, 0.4) is 0 Å². The van der Waals surface area contributed by atoms with Gasteiger partial charge in [-0.15, -0.1) is 0 Å². The predicted octanol–water partition coefficient (Wildman–Crippen LogP) is 2.74. The van der Waals surface area contributed by atoms with Crippen LogP contribution >= 0.6 is 0 Å². The van der Waals surface area contributed by atoms with Crippen LogP contribution in [0.1, 0.15) is 5.56 Å². The highest BCUT2D eigenvalue weighted by Gasteiger charge is 2.09. The minimum absolute atomic E-state index is 0.582. The summed E-state index contributed by atoms with van der Waals surface area (Å²) in [4.78, 5) is 2.39. The Kier molecular flexibility index (Phi) is 10.4. The second-order valence-electron chi connectivity index (χ2n) is 6.98. The van der Waals surface area contributed by atoms with Crippen LogP contribution in [-0.4, -0.2) is 84.1 Å². The van der Waals surface area contributed by atoms with E-state index < -0.39 is 0 Å². The van der Waals surface area contributed by atoms with Gasteiger partial charge in [0.05, 0.1) is 66.1 Å². The summed E-state index contributed by atoms with van der Waals surface area (Å²) in [6.45, 7) is 8.64. The van der Waals surface area contributed by atoms with Gasteiger partial charge >= 0.3 is 0 Å². The van der Waals surface area contributed by atoms with E-state index in [1.54, 1.807) is 0 Å². The first-order valence-corrected chi connectivity index (χ1v) is 10.5. The third-order valence-corrected chi connectivity index (χ3v) is 4.87. The zero-order chi connectivity index (χ0) is 20.0. The molecule has 0 amide bonds. The van der Waals surface area contributed by atoms with Gasteiger partial charge in [0, 0.05) is 19.6 Å². The van der Waals surface area contributed by atoms with Gasteiger partial charge in [0.2, 0.25) is 0 Å². The van der Waals surface area contributed by atoms with Gasteiger partial charge in [-0.1, -0.05) is 42.5 Å². The molecule has 0 N–H and O–H groups in total. The molecule has 0 bridgehead atoms. The topological polar surface area (TPSA) is 49.4 Å². The van der Waals surface area contributed by atoms with E-state index >= 15 is 0 Å². The van der Waals surface area contributed by atoms with Crippen LogP contribution in [0.4, 0.5) is 0 Å². The second-order valence-corrected chi connectivity index (χ2v) is 6.98. The molecule has 1 aliphatic rings. The van der Waals surface area contributed by atoms with Crippen molar-refractivity contribution in [1.82, 2.24) is 4.90 Å². The van der Waals surface area contributed by atoms with Crippen LogP contribution in [0.5, 0.6) is 0 Å². The lowest BCUT2D eigenvalue weighted by Crippen LogP contribution is -2.31. The molecule has 0 atom stereocenters. The van der Waals surface area contributed by atoms with Gasteiger partial charge in [0.25, 0.3) is 0 Å². The van der Waals surface area contributed by atoms with Gasteiger partial charge in [-0.2, -0.15) is 0 Å². The Morgan fingerprint density at radius 1 is 0.552 bits per heavy atom. The van der Waals surface area contributed by atoms with Crippen molar-refractivity contribution >= 4 is 10.8 Å². The standard InChI is InChI=1S/C23H33NO5/c1-2-7-23-21(4-1)5-3-6-22(23)20-24-8-10-25-12-14-27-16-18-29-19-17-28-15-13-26-11-9-24/h1-7H,8-20H2. The van der Waals surface area contributed by atoms with Gasteiger partial charge in [-0.25, -0.2) is 0 Å². The molecule has 0 aliphatic carbocycles. The third kappa shape index (κ3) is 8.38. The van der Waals surface area contributed by atoms with Crippen molar-refractivity contribution in [1.29, 1.82) is 0 Å². The largest absolute Gasteiger partial charge is 0.378 e. The predicted molar refractivity (Wildman–Crippen MR) is 113 cm³/mol. The highest BCUT2D eigenvalue weighted by Crippen LogP contribution is 2.20. The maximum absolute atomic E-state index is 5.77. The first-order chi connectivity index (χ1) is 14.4. The van der Waals surface area contributed by atoms with Gasteiger partial charge in [0.15, 0.2) is 0 Å². The number of hydrogen-bond donors (Lipinski definition) is 0. The second kappa shape index (κ2) is 13.6. The summed E-state index contributed by atoms with van der Waals surface area (Å²) < 4.78 is 28.0. The minimum atomic E-state index is 0.582. The molecule has 0 aromatic heterocycles. The van der Waals surface area contributed by atoms with Gasteiger partial charge in [-0.05, 0) is 16.3 Å². The fourth-order valence-electron chi connectivity index (χ4n) is 3.31. The third-order valence-electron chi connectivity index (χ3n) is 4.87. The van der Waals surface area contributed by atoms with E-state index in [9.17, 15) is 0 Å². The molecule has 0 radical (unpaired) electrons. The van der Waals surface area contributed by atoms with E-state index in [1.807, 2.05) is 0 Å². The molecule has 1 heterocycles. The van der Waals surface area contributed by atoms with E-state index in [4.69, 9.17) is 23.7 Å². The van der Waals surface area contributed by atoms with Crippen molar-refractivity contribution in [3.63, 3.8) is 0 Å². The summed E-state index contributed by atoms with van der Waals surface area (Å²) in [5.74, 6) is 0. The van der Waals surface area contributed by atoms with E-state index in [0.717, 1.165) is 19.6 Å². The van der Waals surface area contributed by atoms with Crippen LogP contribution in [0.15, 0.2) is 42.5 Å². The van der Waals surface area contributed by atoms with Crippen molar-refractivity contribution in [2.45, 2.75) is 6.54 Å². The molecule has 29 heavy (non-hydrogen) atoms. The maximum Gasteiger partial charge on any atom is 0.0701 e. The summed E-state index contributed by atoms with van der Waals surface area (Å²) in [6, 6.07) is 15.0. The number of rotatable bonds is 2. The van der Waals surface area contributed by atoms with Crippen molar-refractivity contribution in [3.05, 3.63) is 48.0 Å². The molecule has 6 nitrogen and oxygen atoms in total. The minimum Gasteiger partial charge on any atom is -0.378 e. The highest BCUT2D eigenvalue weighted by molar-refractivity contribution is 5.85. The first-order valence-electron chi connectivity index (χ1n) is 10.5. The summed E-state index contributed by atoms with van der Waals surface area (Å²) in [5.41, 5.74) is 1.33. The van der Waals surface area contributed by atoms with Crippen molar-refractivity contribution in [2.24, 2.45) is 0 Å². The molecule has 6 heteroatoms. The van der Waals surface area contributed by atoms with Gasteiger partial charge in [-0.3, -0.25) is 4.90 Å². The number of ether oxygens (including phenoxy) is 5. The Balaban J connectivity index is 1.54. The Labute approximate surface area is 173 Å². The van der Waals surface area contributed by atoms with E-state index in [0.29, 0.717) is 66.1 Å². The molecule has 0 saturated carbocycles. The number of fused-ring (bicyclic) bond motifs is 1. The normalized spacial score (nSPS) is 20.1. The first kappa shape index (κ1) is 22.2. The molecular weight excluding hydrogens is 370 g/mol. The van der Waals surface area contributed by atoms with Crippen molar-refractivity contribution < 1.29 is 23.7 Å². The fraction of sp³-hybridized carbons (Fsp3) is 0.565. The lowest BCUT2D eigenvalue weighted by molar-refractivity contribution is -0.0189. The average Bonchev–Trinajstić information content (AvgIpc) is 2.75. The van der Waals surface area contributed by atoms with E-state index in [2.05, 4.69) is 47.4 Å². The summed E-state index contributed by atoms with van der Waals surface area (Å²) in [7, 11) is 0. The molecule has 2 aromatic carbocycles. The Morgan fingerprint density at radius 3 is 1.62 bits per heavy atom. The molecule has 1 fully saturated rings. The quantitative estimate of drug-likeness (QED) is 0.769.